The maximum atomic E-state index is 13.7. The first-order valence-electron chi connectivity index (χ1n) is 7.26. The lowest BCUT2D eigenvalue weighted by Gasteiger charge is -2.17. The number of carbonyl (C=O) groups is 2. The summed E-state index contributed by atoms with van der Waals surface area (Å²) < 4.78 is 18.9. The van der Waals surface area contributed by atoms with Crippen LogP contribution < -0.4 is 4.74 Å². The van der Waals surface area contributed by atoms with Crippen molar-refractivity contribution in [2.24, 2.45) is 0 Å². The highest BCUT2D eigenvalue weighted by molar-refractivity contribution is 5.82. The van der Waals surface area contributed by atoms with E-state index < -0.39 is 22.0 Å². The number of hydrogen-bond acceptors (Lipinski definition) is 5. The summed E-state index contributed by atoms with van der Waals surface area (Å²) in [4.78, 5) is 34.1. The lowest BCUT2D eigenvalue weighted by molar-refractivity contribution is -0.387. The van der Waals surface area contributed by atoms with Gasteiger partial charge in [0.15, 0.2) is 12.9 Å². The molecule has 2 rings (SSSR count). The number of benzene rings is 2. The minimum atomic E-state index is -1.20. The zero-order chi connectivity index (χ0) is 18.4. The number of rotatable bonds is 7. The molecule has 0 unspecified atom stereocenters. The summed E-state index contributed by atoms with van der Waals surface area (Å²) in [6, 6.07) is 11.1. The number of amides is 1. The van der Waals surface area contributed by atoms with Crippen molar-refractivity contribution in [3.8, 4) is 5.75 Å². The molecule has 0 aliphatic carbocycles. The van der Waals surface area contributed by atoms with Gasteiger partial charge in [0.2, 0.25) is 5.82 Å². The fourth-order valence-corrected chi connectivity index (χ4v) is 2.16. The molecule has 7 nitrogen and oxygen atoms in total. The molecule has 0 aliphatic rings. The fraction of sp³-hybridized carbons (Fsp3) is 0.176. The van der Waals surface area contributed by atoms with Gasteiger partial charge in [-0.1, -0.05) is 30.3 Å². The molecule has 0 atom stereocenters. The number of ether oxygens (including phenoxy) is 1. The number of nitro benzene ring substituents is 1. The minimum Gasteiger partial charge on any atom is -0.484 e. The Kier molecular flexibility index (Phi) is 5.78. The van der Waals surface area contributed by atoms with Crippen molar-refractivity contribution >= 4 is 17.9 Å². The standard InChI is InChI=1S/C17H15FN2O5/c1-19(9-12-5-3-2-4-6-12)16(22)11-25-14-7-13(10-21)17(20(23)24)15(18)8-14/h2-8,10H,9,11H2,1H3. The van der Waals surface area contributed by atoms with Crippen LogP contribution >= 0.6 is 0 Å². The quantitative estimate of drug-likeness (QED) is 0.437. The summed E-state index contributed by atoms with van der Waals surface area (Å²) in [7, 11) is 1.59. The van der Waals surface area contributed by atoms with Gasteiger partial charge in [-0.2, -0.15) is 4.39 Å². The zero-order valence-corrected chi connectivity index (χ0v) is 13.3. The van der Waals surface area contributed by atoms with Gasteiger partial charge in [0, 0.05) is 19.7 Å². The summed E-state index contributed by atoms with van der Waals surface area (Å²) in [5.74, 6) is -1.70. The Labute approximate surface area is 142 Å². The maximum absolute atomic E-state index is 13.7. The second kappa shape index (κ2) is 8.00. The van der Waals surface area contributed by atoms with E-state index in [2.05, 4.69) is 0 Å². The first kappa shape index (κ1) is 18.1. The van der Waals surface area contributed by atoms with E-state index in [-0.39, 0.29) is 24.5 Å². The average Bonchev–Trinajstić information content (AvgIpc) is 2.59. The van der Waals surface area contributed by atoms with Gasteiger partial charge in [-0.05, 0) is 11.6 Å². The van der Waals surface area contributed by atoms with E-state index in [9.17, 15) is 24.1 Å². The third-order valence-electron chi connectivity index (χ3n) is 3.43. The molecule has 0 aromatic heterocycles. The van der Waals surface area contributed by atoms with Crippen LogP contribution in [-0.4, -0.2) is 35.7 Å². The van der Waals surface area contributed by atoms with Crippen molar-refractivity contribution < 1.29 is 23.6 Å². The second-order valence-corrected chi connectivity index (χ2v) is 5.24. The number of nitrogens with zero attached hydrogens (tertiary/aromatic N) is 2. The molecule has 130 valence electrons. The Morgan fingerprint density at radius 2 is 2.00 bits per heavy atom. The molecule has 0 spiro atoms. The number of carbonyl (C=O) groups excluding carboxylic acids is 2. The van der Waals surface area contributed by atoms with Crippen LogP contribution in [0.15, 0.2) is 42.5 Å². The van der Waals surface area contributed by atoms with E-state index in [4.69, 9.17) is 4.74 Å². The Bertz CT molecular complexity index is 795. The Morgan fingerprint density at radius 3 is 2.60 bits per heavy atom. The molecule has 2 aromatic rings. The van der Waals surface area contributed by atoms with Crippen molar-refractivity contribution in [1.29, 1.82) is 0 Å². The highest BCUT2D eigenvalue weighted by Crippen LogP contribution is 2.26. The van der Waals surface area contributed by atoms with E-state index in [0.717, 1.165) is 17.7 Å². The Balaban J connectivity index is 2.03. The number of hydrogen-bond donors (Lipinski definition) is 0. The minimum absolute atomic E-state index is 0.133. The molecule has 0 aliphatic heterocycles. The van der Waals surface area contributed by atoms with Gasteiger partial charge in [0.1, 0.15) is 5.75 Å². The summed E-state index contributed by atoms with van der Waals surface area (Å²) in [6.45, 7) is -0.0177. The van der Waals surface area contributed by atoms with Crippen molar-refractivity contribution in [3.05, 3.63) is 69.5 Å². The highest BCUT2D eigenvalue weighted by atomic mass is 19.1. The summed E-state index contributed by atoms with van der Waals surface area (Å²) in [6.07, 6.45) is 0.164. The lowest BCUT2D eigenvalue weighted by atomic mass is 10.2. The van der Waals surface area contributed by atoms with Gasteiger partial charge < -0.3 is 9.64 Å². The van der Waals surface area contributed by atoms with Crippen LogP contribution in [0.2, 0.25) is 0 Å². The second-order valence-electron chi connectivity index (χ2n) is 5.24. The molecule has 0 radical (unpaired) electrons. The molecule has 0 fully saturated rings. The van der Waals surface area contributed by atoms with Crippen molar-refractivity contribution in [2.75, 3.05) is 13.7 Å². The predicted octanol–water partition coefficient (Wildman–Crippen LogP) is 2.58. The van der Waals surface area contributed by atoms with Crippen molar-refractivity contribution in [2.45, 2.75) is 6.54 Å². The van der Waals surface area contributed by atoms with Crippen LogP contribution in [0.5, 0.6) is 5.75 Å². The smallest absolute Gasteiger partial charge is 0.315 e. The summed E-state index contributed by atoms with van der Waals surface area (Å²) >= 11 is 0. The van der Waals surface area contributed by atoms with Crippen LogP contribution in [0.4, 0.5) is 10.1 Å². The molecule has 25 heavy (non-hydrogen) atoms. The van der Waals surface area contributed by atoms with E-state index in [1.807, 2.05) is 30.3 Å². The lowest BCUT2D eigenvalue weighted by Crippen LogP contribution is -2.30. The predicted molar refractivity (Wildman–Crippen MR) is 86.9 cm³/mol. The van der Waals surface area contributed by atoms with Crippen LogP contribution in [0.25, 0.3) is 0 Å². The molecule has 1 amide bonds. The number of halogens is 1. The Morgan fingerprint density at radius 1 is 1.32 bits per heavy atom. The average molecular weight is 346 g/mol. The third kappa shape index (κ3) is 4.60. The summed E-state index contributed by atoms with van der Waals surface area (Å²) in [5, 5.41) is 10.7. The molecule has 0 saturated carbocycles. The molecular weight excluding hydrogens is 331 g/mol. The van der Waals surface area contributed by atoms with E-state index in [1.54, 1.807) is 7.05 Å². The molecule has 0 heterocycles. The molecule has 2 aromatic carbocycles. The van der Waals surface area contributed by atoms with Gasteiger partial charge in [-0.25, -0.2) is 0 Å². The van der Waals surface area contributed by atoms with Crippen LogP contribution in [0.1, 0.15) is 15.9 Å². The SMILES string of the molecule is CN(Cc1ccccc1)C(=O)COc1cc(F)c([N+](=O)[O-])c(C=O)c1. The maximum Gasteiger partial charge on any atom is 0.315 e. The largest absolute Gasteiger partial charge is 0.484 e. The third-order valence-corrected chi connectivity index (χ3v) is 3.43. The Hall–Kier alpha value is -3.29. The zero-order valence-electron chi connectivity index (χ0n) is 13.3. The van der Waals surface area contributed by atoms with Gasteiger partial charge >= 0.3 is 5.69 Å². The van der Waals surface area contributed by atoms with E-state index in [1.165, 1.54) is 4.90 Å². The van der Waals surface area contributed by atoms with Crippen molar-refractivity contribution in [3.63, 3.8) is 0 Å². The van der Waals surface area contributed by atoms with Gasteiger partial charge in [0.25, 0.3) is 5.91 Å². The van der Waals surface area contributed by atoms with Gasteiger partial charge in [-0.15, -0.1) is 0 Å². The normalized spacial score (nSPS) is 10.2. The van der Waals surface area contributed by atoms with Gasteiger partial charge in [-0.3, -0.25) is 19.7 Å². The van der Waals surface area contributed by atoms with Crippen LogP contribution in [-0.2, 0) is 11.3 Å². The summed E-state index contributed by atoms with van der Waals surface area (Å²) in [5.41, 5.74) is -0.442. The number of nitro groups is 1. The monoisotopic (exact) mass is 346 g/mol. The molecular formula is C17H15FN2O5. The van der Waals surface area contributed by atoms with E-state index >= 15 is 0 Å². The topological polar surface area (TPSA) is 89.8 Å². The molecule has 0 bridgehead atoms. The first-order chi connectivity index (χ1) is 11.9. The van der Waals surface area contributed by atoms with Gasteiger partial charge in [0.05, 0.1) is 10.5 Å². The van der Waals surface area contributed by atoms with Crippen molar-refractivity contribution in [1.82, 2.24) is 4.90 Å². The number of aldehydes is 1. The fourth-order valence-electron chi connectivity index (χ4n) is 2.16. The highest BCUT2D eigenvalue weighted by Gasteiger charge is 2.22. The molecule has 8 heteroatoms. The van der Waals surface area contributed by atoms with E-state index in [0.29, 0.717) is 6.54 Å². The molecule has 0 N–H and O–H groups in total. The van der Waals surface area contributed by atoms with Crippen LogP contribution in [0.3, 0.4) is 0 Å². The first-order valence-corrected chi connectivity index (χ1v) is 7.26. The molecule has 0 saturated heterocycles. The van der Waals surface area contributed by atoms with Crippen LogP contribution in [0, 0.1) is 15.9 Å². The number of likely N-dealkylation sites (N-methyl/N-ethyl adjacent to an activating group) is 1.